The predicted molar refractivity (Wildman–Crippen MR) is 89.2 cm³/mol. The number of urea groups is 1. The highest BCUT2D eigenvalue weighted by molar-refractivity contribution is 7.89. The fourth-order valence-electron chi connectivity index (χ4n) is 3.52. The van der Waals surface area contributed by atoms with Crippen LogP contribution in [-0.2, 0) is 10.0 Å². The maximum Gasteiger partial charge on any atom is 0.317 e. The number of hydrogen-bond donors (Lipinski definition) is 2. The first-order valence-electron chi connectivity index (χ1n) is 8.47. The van der Waals surface area contributed by atoms with Gasteiger partial charge in [-0.3, -0.25) is 5.10 Å². The summed E-state index contributed by atoms with van der Waals surface area (Å²) in [4.78, 5) is 14.2. The van der Waals surface area contributed by atoms with Gasteiger partial charge in [0.25, 0.3) is 0 Å². The van der Waals surface area contributed by atoms with E-state index in [2.05, 4.69) is 15.5 Å². The van der Waals surface area contributed by atoms with Gasteiger partial charge in [0.2, 0.25) is 10.0 Å². The first-order valence-corrected chi connectivity index (χ1v) is 9.91. The van der Waals surface area contributed by atoms with Crippen molar-refractivity contribution in [3.8, 4) is 0 Å². The van der Waals surface area contributed by atoms with E-state index < -0.39 is 10.0 Å². The number of piperazine rings is 1. The van der Waals surface area contributed by atoms with E-state index >= 15 is 0 Å². The van der Waals surface area contributed by atoms with Crippen LogP contribution in [0.3, 0.4) is 0 Å². The highest BCUT2D eigenvalue weighted by Gasteiger charge is 2.33. The van der Waals surface area contributed by atoms with E-state index in [9.17, 15) is 13.2 Å². The second kappa shape index (κ2) is 6.72. The molecule has 0 bridgehead atoms. The van der Waals surface area contributed by atoms with Crippen molar-refractivity contribution >= 4 is 16.1 Å². The van der Waals surface area contributed by atoms with Gasteiger partial charge in [0.15, 0.2) is 0 Å². The number of sulfonamides is 1. The largest absolute Gasteiger partial charge is 0.335 e. The van der Waals surface area contributed by atoms with Crippen LogP contribution in [0.2, 0.25) is 0 Å². The Morgan fingerprint density at radius 3 is 2.33 bits per heavy atom. The fraction of sp³-hybridized carbons (Fsp3) is 0.733. The number of carbonyl (C=O) groups is 1. The van der Waals surface area contributed by atoms with Crippen molar-refractivity contribution in [2.75, 3.05) is 26.2 Å². The van der Waals surface area contributed by atoms with Gasteiger partial charge < -0.3 is 10.2 Å². The first kappa shape index (κ1) is 17.2. The summed E-state index contributed by atoms with van der Waals surface area (Å²) in [6.07, 6.45) is 4.42. The summed E-state index contributed by atoms with van der Waals surface area (Å²) in [6.45, 7) is 4.83. The zero-order valence-electron chi connectivity index (χ0n) is 14.2. The third-order valence-electron chi connectivity index (χ3n) is 4.87. The van der Waals surface area contributed by atoms with Crippen LogP contribution in [-0.4, -0.2) is 66.1 Å². The fourth-order valence-corrected chi connectivity index (χ4v) is 5.27. The summed E-state index contributed by atoms with van der Waals surface area (Å²) in [7, 11) is -3.57. The highest BCUT2D eigenvalue weighted by atomic mass is 32.2. The van der Waals surface area contributed by atoms with E-state index in [1.807, 2.05) is 0 Å². The SMILES string of the molecule is Cc1n[nH]c(C)c1S(=O)(=O)N1CCN(C(=O)NC2CCCC2)CC1. The summed E-state index contributed by atoms with van der Waals surface area (Å²) in [5.74, 6) is 0. The minimum atomic E-state index is -3.57. The van der Waals surface area contributed by atoms with Gasteiger partial charge >= 0.3 is 6.03 Å². The van der Waals surface area contributed by atoms with Crippen molar-refractivity contribution in [3.05, 3.63) is 11.4 Å². The second-order valence-electron chi connectivity index (χ2n) is 6.59. The maximum absolute atomic E-state index is 12.8. The number of nitrogens with one attached hydrogen (secondary N) is 2. The summed E-state index contributed by atoms with van der Waals surface area (Å²) in [6, 6.07) is 0.199. The maximum atomic E-state index is 12.8. The molecule has 9 heteroatoms. The number of aromatic nitrogens is 2. The van der Waals surface area contributed by atoms with E-state index in [1.54, 1.807) is 18.7 Å². The molecule has 2 N–H and O–H groups in total. The molecule has 2 aliphatic rings. The summed E-state index contributed by atoms with van der Waals surface area (Å²) in [5, 5.41) is 9.74. The quantitative estimate of drug-likeness (QED) is 0.844. The number of amides is 2. The number of hydrogen-bond acceptors (Lipinski definition) is 4. The van der Waals surface area contributed by atoms with Gasteiger partial charge in [-0.15, -0.1) is 0 Å². The predicted octanol–water partition coefficient (Wildman–Crippen LogP) is 0.985. The second-order valence-corrected chi connectivity index (χ2v) is 8.46. The van der Waals surface area contributed by atoms with Crippen molar-refractivity contribution in [1.29, 1.82) is 0 Å². The monoisotopic (exact) mass is 355 g/mol. The van der Waals surface area contributed by atoms with Crippen LogP contribution in [0.1, 0.15) is 37.1 Å². The van der Waals surface area contributed by atoms with Crippen molar-refractivity contribution < 1.29 is 13.2 Å². The molecule has 0 aromatic carbocycles. The number of rotatable bonds is 3. The Morgan fingerprint density at radius 1 is 1.17 bits per heavy atom. The van der Waals surface area contributed by atoms with E-state index in [0.717, 1.165) is 12.8 Å². The highest BCUT2D eigenvalue weighted by Crippen LogP contribution is 2.23. The Labute approximate surface area is 142 Å². The van der Waals surface area contributed by atoms with E-state index in [-0.39, 0.29) is 17.0 Å². The summed E-state index contributed by atoms with van der Waals surface area (Å²) < 4.78 is 27.0. The first-order chi connectivity index (χ1) is 11.4. The molecule has 1 saturated carbocycles. The van der Waals surface area contributed by atoms with Gasteiger partial charge in [0.05, 0.1) is 11.4 Å². The van der Waals surface area contributed by atoms with Crippen molar-refractivity contribution in [3.63, 3.8) is 0 Å². The molecule has 1 aromatic heterocycles. The van der Waals surface area contributed by atoms with Gasteiger partial charge in [-0.2, -0.15) is 9.40 Å². The van der Waals surface area contributed by atoms with Gasteiger partial charge in [0, 0.05) is 32.2 Å². The number of nitrogens with zero attached hydrogens (tertiary/aromatic N) is 3. The van der Waals surface area contributed by atoms with Crippen LogP contribution >= 0.6 is 0 Å². The van der Waals surface area contributed by atoms with Crippen molar-refractivity contribution in [2.24, 2.45) is 0 Å². The smallest absolute Gasteiger partial charge is 0.317 e. The molecule has 134 valence electrons. The third-order valence-corrected chi connectivity index (χ3v) is 7.03. The number of H-pyrrole nitrogens is 1. The molecule has 0 radical (unpaired) electrons. The molecule has 0 atom stereocenters. The molecular weight excluding hydrogens is 330 g/mol. The van der Waals surface area contributed by atoms with Crippen molar-refractivity contribution in [2.45, 2.75) is 50.5 Å². The van der Waals surface area contributed by atoms with Crippen LogP contribution in [0.5, 0.6) is 0 Å². The van der Waals surface area contributed by atoms with Crippen LogP contribution in [0, 0.1) is 13.8 Å². The number of aryl methyl sites for hydroxylation is 2. The summed E-state index contributed by atoms with van der Waals surface area (Å²) in [5.41, 5.74) is 1.03. The lowest BCUT2D eigenvalue weighted by Crippen LogP contribution is -2.54. The lowest BCUT2D eigenvalue weighted by molar-refractivity contribution is 0.169. The Kier molecular flexibility index (Phi) is 4.82. The topological polar surface area (TPSA) is 98.4 Å². The molecule has 1 aromatic rings. The zero-order chi connectivity index (χ0) is 17.3. The Balaban J connectivity index is 1.61. The lowest BCUT2D eigenvalue weighted by atomic mass is 10.2. The van der Waals surface area contributed by atoms with Crippen LogP contribution < -0.4 is 5.32 Å². The molecule has 24 heavy (non-hydrogen) atoms. The zero-order valence-corrected chi connectivity index (χ0v) is 15.0. The molecule has 2 amide bonds. The molecule has 8 nitrogen and oxygen atoms in total. The van der Waals surface area contributed by atoms with Crippen LogP contribution in [0.4, 0.5) is 4.79 Å². The minimum absolute atomic E-state index is 0.0744. The Hall–Kier alpha value is -1.61. The molecule has 3 rings (SSSR count). The Morgan fingerprint density at radius 2 is 1.79 bits per heavy atom. The van der Waals surface area contributed by atoms with Gasteiger partial charge in [-0.05, 0) is 26.7 Å². The molecular formula is C15H25N5O3S. The van der Waals surface area contributed by atoms with Crippen LogP contribution in [0.25, 0.3) is 0 Å². The van der Waals surface area contributed by atoms with E-state index in [4.69, 9.17) is 0 Å². The normalized spacial score (nSPS) is 20.5. The molecule has 1 aliphatic heterocycles. The minimum Gasteiger partial charge on any atom is -0.335 e. The molecule has 1 saturated heterocycles. The molecule has 2 heterocycles. The van der Waals surface area contributed by atoms with E-state index in [1.165, 1.54) is 17.1 Å². The average Bonchev–Trinajstić information content (AvgIpc) is 3.17. The van der Waals surface area contributed by atoms with Gasteiger partial charge in [-0.25, -0.2) is 13.2 Å². The molecule has 0 spiro atoms. The average molecular weight is 355 g/mol. The van der Waals surface area contributed by atoms with Gasteiger partial charge in [-0.1, -0.05) is 12.8 Å². The standard InChI is InChI=1S/C15H25N5O3S/c1-11-14(12(2)18-17-11)24(22,23)20-9-7-19(8-10-20)15(21)16-13-5-3-4-6-13/h13H,3-10H2,1-2H3,(H,16,21)(H,17,18). The van der Waals surface area contributed by atoms with Crippen molar-refractivity contribution in [1.82, 2.24) is 24.7 Å². The molecule has 0 unspecified atom stereocenters. The molecule has 2 fully saturated rings. The third kappa shape index (κ3) is 3.27. The number of aromatic amines is 1. The Bertz CT molecular complexity index is 681. The molecule has 1 aliphatic carbocycles. The number of carbonyl (C=O) groups excluding carboxylic acids is 1. The van der Waals surface area contributed by atoms with Crippen LogP contribution in [0.15, 0.2) is 4.90 Å². The summed E-state index contributed by atoms with van der Waals surface area (Å²) >= 11 is 0. The lowest BCUT2D eigenvalue weighted by Gasteiger charge is -2.34. The van der Waals surface area contributed by atoms with E-state index in [0.29, 0.717) is 37.6 Å². The van der Waals surface area contributed by atoms with Gasteiger partial charge in [0.1, 0.15) is 4.90 Å².